The Bertz CT molecular complexity index is 818. The SMILES string of the molecule is O=C(CSc1ncc(-c2ccccc2)n1C[C@H]1CCCO1)N1CCNC1=O. The number of rotatable bonds is 6. The van der Waals surface area contributed by atoms with Crippen LogP contribution in [-0.4, -0.2) is 57.9 Å². The molecule has 1 aromatic carbocycles. The molecule has 142 valence electrons. The number of urea groups is 1. The summed E-state index contributed by atoms with van der Waals surface area (Å²) in [4.78, 5) is 29.8. The lowest BCUT2D eigenvalue weighted by Gasteiger charge is -2.16. The summed E-state index contributed by atoms with van der Waals surface area (Å²) in [6, 6.07) is 9.78. The topological polar surface area (TPSA) is 76.5 Å². The van der Waals surface area contributed by atoms with Crippen LogP contribution in [0.15, 0.2) is 41.7 Å². The lowest BCUT2D eigenvalue weighted by Crippen LogP contribution is -2.35. The number of aromatic nitrogens is 2. The molecule has 2 aromatic rings. The minimum absolute atomic E-state index is 0.168. The maximum Gasteiger partial charge on any atom is 0.324 e. The van der Waals surface area contributed by atoms with Gasteiger partial charge >= 0.3 is 6.03 Å². The number of imide groups is 1. The molecule has 8 heteroatoms. The van der Waals surface area contributed by atoms with Crippen molar-refractivity contribution >= 4 is 23.7 Å². The molecular weight excluding hydrogens is 364 g/mol. The number of thioether (sulfide) groups is 1. The molecule has 7 nitrogen and oxygen atoms in total. The van der Waals surface area contributed by atoms with Crippen LogP contribution in [0.2, 0.25) is 0 Å². The summed E-state index contributed by atoms with van der Waals surface area (Å²) in [6.07, 6.45) is 4.12. The number of hydrogen-bond donors (Lipinski definition) is 1. The summed E-state index contributed by atoms with van der Waals surface area (Å²) in [7, 11) is 0. The van der Waals surface area contributed by atoms with E-state index < -0.39 is 0 Å². The summed E-state index contributed by atoms with van der Waals surface area (Å²) in [5.74, 6) is -0.00702. The fourth-order valence-corrected chi connectivity index (χ4v) is 4.26. The van der Waals surface area contributed by atoms with Gasteiger partial charge in [0.2, 0.25) is 5.91 Å². The highest BCUT2D eigenvalue weighted by Gasteiger charge is 2.27. The smallest absolute Gasteiger partial charge is 0.324 e. The van der Waals surface area contributed by atoms with E-state index in [1.165, 1.54) is 16.7 Å². The average molecular weight is 386 g/mol. The molecule has 2 aliphatic rings. The number of nitrogens with zero attached hydrogens (tertiary/aromatic N) is 3. The van der Waals surface area contributed by atoms with Crippen molar-refractivity contribution in [1.29, 1.82) is 0 Å². The molecule has 0 unspecified atom stereocenters. The number of ether oxygens (including phenoxy) is 1. The van der Waals surface area contributed by atoms with Gasteiger partial charge in [-0.15, -0.1) is 0 Å². The van der Waals surface area contributed by atoms with Crippen LogP contribution in [0, 0.1) is 0 Å². The van der Waals surface area contributed by atoms with E-state index in [1.807, 2.05) is 24.4 Å². The van der Waals surface area contributed by atoms with Gasteiger partial charge in [-0.3, -0.25) is 9.69 Å². The third-order valence-electron chi connectivity index (χ3n) is 4.78. The molecule has 27 heavy (non-hydrogen) atoms. The van der Waals surface area contributed by atoms with Crippen molar-refractivity contribution in [1.82, 2.24) is 19.8 Å². The van der Waals surface area contributed by atoms with Gasteiger partial charge in [-0.2, -0.15) is 0 Å². The van der Waals surface area contributed by atoms with Gasteiger partial charge in [-0.25, -0.2) is 9.78 Å². The number of hydrogen-bond acceptors (Lipinski definition) is 5. The Labute approximate surface area is 162 Å². The minimum Gasteiger partial charge on any atom is -0.376 e. The zero-order chi connectivity index (χ0) is 18.6. The van der Waals surface area contributed by atoms with Gasteiger partial charge < -0.3 is 14.6 Å². The van der Waals surface area contributed by atoms with Crippen molar-refractivity contribution in [3.05, 3.63) is 36.5 Å². The predicted octanol–water partition coefficient (Wildman–Crippen LogP) is 2.37. The molecule has 0 aliphatic carbocycles. The molecule has 0 radical (unpaired) electrons. The number of carbonyl (C=O) groups is 2. The molecule has 4 rings (SSSR count). The largest absolute Gasteiger partial charge is 0.376 e. The highest BCUT2D eigenvalue weighted by molar-refractivity contribution is 7.99. The molecule has 2 saturated heterocycles. The molecule has 0 spiro atoms. The van der Waals surface area contributed by atoms with Crippen molar-refractivity contribution < 1.29 is 14.3 Å². The third kappa shape index (κ3) is 4.01. The molecule has 0 saturated carbocycles. The van der Waals surface area contributed by atoms with E-state index in [1.54, 1.807) is 0 Å². The average Bonchev–Trinajstić information content (AvgIpc) is 3.43. The molecule has 3 heterocycles. The monoisotopic (exact) mass is 386 g/mol. The van der Waals surface area contributed by atoms with E-state index in [4.69, 9.17) is 4.74 Å². The van der Waals surface area contributed by atoms with Crippen LogP contribution in [0.1, 0.15) is 12.8 Å². The Morgan fingerprint density at radius 1 is 1.33 bits per heavy atom. The standard InChI is InChI=1S/C19H22N4O3S/c24-17(22-9-8-20-18(22)25)13-27-19-21-11-16(14-5-2-1-3-6-14)23(19)12-15-7-4-10-26-15/h1-3,5-6,11,15H,4,7-10,12-13H2,(H,20,25)/t15-/m1/s1. The third-order valence-corrected chi connectivity index (χ3v) is 5.76. The molecule has 0 bridgehead atoms. The Kier molecular flexibility index (Phi) is 5.45. The van der Waals surface area contributed by atoms with Crippen LogP contribution in [-0.2, 0) is 16.1 Å². The molecule has 2 aliphatic heterocycles. The molecule has 1 atom stereocenters. The highest BCUT2D eigenvalue weighted by Crippen LogP contribution is 2.28. The summed E-state index contributed by atoms with van der Waals surface area (Å²) in [5, 5.41) is 3.43. The van der Waals surface area contributed by atoms with Gasteiger partial charge in [-0.05, 0) is 18.4 Å². The summed E-state index contributed by atoms with van der Waals surface area (Å²) in [6.45, 7) is 2.45. The molecular formula is C19H22N4O3S. The quantitative estimate of drug-likeness (QED) is 0.772. The zero-order valence-electron chi connectivity index (χ0n) is 15.0. The van der Waals surface area contributed by atoms with Crippen LogP contribution < -0.4 is 5.32 Å². The van der Waals surface area contributed by atoms with Gasteiger partial charge in [0.1, 0.15) is 0 Å². The molecule has 1 N–H and O–H groups in total. The second-order valence-electron chi connectivity index (χ2n) is 6.60. The number of imidazole rings is 1. The lowest BCUT2D eigenvalue weighted by molar-refractivity contribution is -0.124. The molecule has 2 fully saturated rings. The van der Waals surface area contributed by atoms with Gasteiger partial charge in [0.25, 0.3) is 0 Å². The van der Waals surface area contributed by atoms with Crippen LogP contribution in [0.25, 0.3) is 11.3 Å². The first-order chi connectivity index (χ1) is 13.2. The zero-order valence-corrected chi connectivity index (χ0v) is 15.8. The fraction of sp³-hybridized carbons (Fsp3) is 0.421. The van der Waals surface area contributed by atoms with Crippen LogP contribution in [0.4, 0.5) is 4.79 Å². The highest BCUT2D eigenvalue weighted by atomic mass is 32.2. The van der Waals surface area contributed by atoms with E-state index in [0.29, 0.717) is 19.6 Å². The lowest BCUT2D eigenvalue weighted by atomic mass is 10.1. The van der Waals surface area contributed by atoms with E-state index in [0.717, 1.165) is 35.9 Å². The van der Waals surface area contributed by atoms with E-state index >= 15 is 0 Å². The van der Waals surface area contributed by atoms with Crippen LogP contribution in [0.3, 0.4) is 0 Å². The van der Waals surface area contributed by atoms with Crippen molar-refractivity contribution in [2.24, 2.45) is 0 Å². The second kappa shape index (κ2) is 8.14. The van der Waals surface area contributed by atoms with Gasteiger partial charge in [-0.1, -0.05) is 42.1 Å². The van der Waals surface area contributed by atoms with E-state index in [9.17, 15) is 9.59 Å². The Hall–Kier alpha value is -2.32. The number of nitrogens with one attached hydrogen (secondary N) is 1. The maximum atomic E-state index is 12.3. The summed E-state index contributed by atoms with van der Waals surface area (Å²) < 4.78 is 7.94. The fourth-order valence-electron chi connectivity index (χ4n) is 3.40. The Balaban J connectivity index is 1.53. The number of benzene rings is 1. The van der Waals surface area contributed by atoms with Crippen molar-refractivity contribution in [2.45, 2.75) is 30.6 Å². The summed E-state index contributed by atoms with van der Waals surface area (Å²) in [5.41, 5.74) is 2.10. The van der Waals surface area contributed by atoms with Crippen molar-refractivity contribution in [3.8, 4) is 11.3 Å². The van der Waals surface area contributed by atoms with Crippen LogP contribution in [0.5, 0.6) is 0 Å². The van der Waals surface area contributed by atoms with Crippen molar-refractivity contribution in [3.63, 3.8) is 0 Å². The maximum absolute atomic E-state index is 12.3. The Morgan fingerprint density at radius 2 is 2.19 bits per heavy atom. The van der Waals surface area contributed by atoms with Crippen LogP contribution >= 0.6 is 11.8 Å². The van der Waals surface area contributed by atoms with E-state index in [-0.39, 0.29) is 23.8 Å². The normalized spacial score (nSPS) is 19.5. The number of amides is 3. The molecule has 1 aromatic heterocycles. The first-order valence-corrected chi connectivity index (χ1v) is 10.1. The van der Waals surface area contributed by atoms with Crippen molar-refractivity contribution in [2.75, 3.05) is 25.4 Å². The first-order valence-electron chi connectivity index (χ1n) is 9.16. The van der Waals surface area contributed by atoms with Gasteiger partial charge in [0.05, 0.1) is 30.3 Å². The predicted molar refractivity (Wildman–Crippen MR) is 102 cm³/mol. The first kappa shape index (κ1) is 18.1. The van der Waals surface area contributed by atoms with Gasteiger partial charge in [0, 0.05) is 19.7 Å². The van der Waals surface area contributed by atoms with E-state index in [2.05, 4.69) is 27.0 Å². The summed E-state index contributed by atoms with van der Waals surface area (Å²) >= 11 is 1.37. The Morgan fingerprint density at radius 3 is 2.89 bits per heavy atom. The van der Waals surface area contributed by atoms with Gasteiger partial charge in [0.15, 0.2) is 5.16 Å². The minimum atomic E-state index is -0.312. The number of carbonyl (C=O) groups excluding carboxylic acids is 2. The molecule has 3 amide bonds. The second-order valence-corrected chi connectivity index (χ2v) is 7.55.